The van der Waals surface area contributed by atoms with Crippen LogP contribution in [-0.2, 0) is 14.0 Å². The number of hydrogen-bond acceptors (Lipinski definition) is 7. The lowest BCUT2D eigenvalue weighted by molar-refractivity contribution is -0.127. The number of aromatic nitrogens is 2. The Hall–Kier alpha value is -2.66. The zero-order chi connectivity index (χ0) is 23.7. The summed E-state index contributed by atoms with van der Waals surface area (Å²) >= 11 is 0. The third-order valence-electron chi connectivity index (χ3n) is 5.94. The number of nitrogens with one attached hydrogen (secondary N) is 1. The first-order valence-electron chi connectivity index (χ1n) is 10.4. The third kappa shape index (κ3) is 4.88. The fourth-order valence-electron chi connectivity index (χ4n) is 3.04. The summed E-state index contributed by atoms with van der Waals surface area (Å²) in [6.07, 6.45) is -1.79. The first-order chi connectivity index (χ1) is 14.9. The van der Waals surface area contributed by atoms with Crippen LogP contribution < -0.4 is 11.0 Å². The van der Waals surface area contributed by atoms with Crippen LogP contribution in [0.1, 0.15) is 37.4 Å². The number of hydrogen-bond donors (Lipinski definition) is 2. The van der Waals surface area contributed by atoms with Gasteiger partial charge in [0.2, 0.25) is 0 Å². The smallest absolute Gasteiger partial charge is 0.351 e. The van der Waals surface area contributed by atoms with Crippen molar-refractivity contribution >= 4 is 25.8 Å². The van der Waals surface area contributed by atoms with Gasteiger partial charge < -0.3 is 19.6 Å². The molecular weight excluding hydrogens is 430 g/mol. The molecule has 1 aliphatic rings. The van der Waals surface area contributed by atoms with Gasteiger partial charge in [0.1, 0.15) is 11.9 Å². The molecule has 3 atom stereocenters. The molecule has 2 heterocycles. The van der Waals surface area contributed by atoms with E-state index < -0.39 is 50.7 Å². The van der Waals surface area contributed by atoms with E-state index in [4.69, 9.17) is 9.16 Å². The van der Waals surface area contributed by atoms with E-state index in [2.05, 4.69) is 10.3 Å². The molecule has 2 N–H and O–H groups in total. The van der Waals surface area contributed by atoms with Gasteiger partial charge >= 0.3 is 5.69 Å². The molecule has 0 unspecified atom stereocenters. The molecule has 0 spiro atoms. The SMILES string of the molecule is CC(C)(C)[Si](C)(C)O[C@@H]1C(=O)[C@@H](CO)O[C@H]1n1ccc(NC(=O)c2ccccc2)nc1=O. The van der Waals surface area contributed by atoms with Crippen LogP contribution >= 0.6 is 0 Å². The molecular formula is C22H29N3O6Si. The fourth-order valence-corrected chi connectivity index (χ4v) is 4.26. The number of anilines is 1. The molecule has 10 heteroatoms. The predicted molar refractivity (Wildman–Crippen MR) is 121 cm³/mol. The van der Waals surface area contributed by atoms with Crippen LogP contribution in [0.4, 0.5) is 5.82 Å². The van der Waals surface area contributed by atoms with Gasteiger partial charge in [0.05, 0.1) is 6.61 Å². The lowest BCUT2D eigenvalue weighted by Gasteiger charge is -2.38. The van der Waals surface area contributed by atoms with E-state index in [0.29, 0.717) is 5.56 Å². The highest BCUT2D eigenvalue weighted by atomic mass is 28.4. The number of nitrogens with zero attached hydrogens (tertiary/aromatic N) is 2. The largest absolute Gasteiger partial charge is 0.403 e. The van der Waals surface area contributed by atoms with Gasteiger partial charge in [-0.1, -0.05) is 39.0 Å². The molecule has 9 nitrogen and oxygen atoms in total. The van der Waals surface area contributed by atoms with Crippen LogP contribution in [-0.4, -0.2) is 53.5 Å². The molecule has 0 bridgehead atoms. The second-order valence-electron chi connectivity index (χ2n) is 9.22. The number of benzene rings is 1. The predicted octanol–water partition coefficient (Wildman–Crippen LogP) is 2.34. The molecule has 0 aliphatic carbocycles. The van der Waals surface area contributed by atoms with Gasteiger partial charge in [-0.15, -0.1) is 0 Å². The Balaban J connectivity index is 1.87. The number of Topliss-reactive ketones (excluding diaryl/α,β-unsaturated/α-hetero) is 1. The van der Waals surface area contributed by atoms with Crippen LogP contribution in [0.3, 0.4) is 0 Å². The Bertz CT molecular complexity index is 1050. The maximum absolute atomic E-state index is 12.8. The first kappa shape index (κ1) is 24.0. The molecule has 1 aromatic carbocycles. The molecule has 172 valence electrons. The fraction of sp³-hybridized carbons (Fsp3) is 0.455. The van der Waals surface area contributed by atoms with E-state index in [0.717, 1.165) is 4.57 Å². The van der Waals surface area contributed by atoms with Gasteiger partial charge in [0, 0.05) is 11.8 Å². The van der Waals surface area contributed by atoms with Gasteiger partial charge in [-0.05, 0) is 36.3 Å². The normalized spacial score (nSPS) is 21.6. The number of aliphatic hydroxyl groups excluding tert-OH is 1. The van der Waals surface area contributed by atoms with Crippen molar-refractivity contribution in [2.75, 3.05) is 11.9 Å². The number of rotatable bonds is 6. The van der Waals surface area contributed by atoms with E-state index in [-0.39, 0.29) is 10.9 Å². The summed E-state index contributed by atoms with van der Waals surface area (Å²) in [5.74, 6) is -0.734. The lowest BCUT2D eigenvalue weighted by atomic mass is 10.2. The lowest BCUT2D eigenvalue weighted by Crippen LogP contribution is -2.48. The van der Waals surface area contributed by atoms with Crippen LogP contribution in [0, 0.1) is 0 Å². The van der Waals surface area contributed by atoms with Crippen molar-refractivity contribution in [1.82, 2.24) is 9.55 Å². The van der Waals surface area contributed by atoms with Gasteiger partial charge in [-0.3, -0.25) is 14.2 Å². The number of carbonyl (C=O) groups excluding carboxylic acids is 2. The van der Waals surface area contributed by atoms with Crippen molar-refractivity contribution in [3.05, 3.63) is 58.6 Å². The van der Waals surface area contributed by atoms with Gasteiger partial charge in [-0.25, -0.2) is 4.79 Å². The third-order valence-corrected chi connectivity index (χ3v) is 10.4. The Kier molecular flexibility index (Phi) is 6.79. The first-order valence-corrected chi connectivity index (χ1v) is 13.3. The highest BCUT2D eigenvalue weighted by Gasteiger charge is 2.50. The van der Waals surface area contributed by atoms with E-state index in [9.17, 15) is 19.5 Å². The van der Waals surface area contributed by atoms with Crippen LogP contribution in [0.5, 0.6) is 0 Å². The highest BCUT2D eigenvalue weighted by molar-refractivity contribution is 6.74. The number of amides is 1. The van der Waals surface area contributed by atoms with Crippen LogP contribution in [0.15, 0.2) is 47.4 Å². The van der Waals surface area contributed by atoms with Crippen molar-refractivity contribution in [3.63, 3.8) is 0 Å². The second-order valence-corrected chi connectivity index (χ2v) is 14.0. The van der Waals surface area contributed by atoms with E-state index in [1.165, 1.54) is 12.3 Å². The quantitative estimate of drug-likeness (QED) is 0.636. The monoisotopic (exact) mass is 459 g/mol. The minimum Gasteiger partial charge on any atom is -0.403 e. The molecule has 0 radical (unpaired) electrons. The van der Waals surface area contributed by atoms with E-state index >= 15 is 0 Å². The van der Waals surface area contributed by atoms with Crippen molar-refractivity contribution in [1.29, 1.82) is 0 Å². The van der Waals surface area contributed by atoms with Crippen LogP contribution in [0.2, 0.25) is 18.1 Å². The van der Waals surface area contributed by atoms with Gasteiger partial charge in [-0.2, -0.15) is 4.98 Å². The standard InChI is InChI=1S/C22H29N3O6Si/c1-22(2,3)32(4,5)31-18-17(27)15(13-26)30-20(18)25-12-11-16(24-21(25)29)23-19(28)14-9-7-6-8-10-14/h6-12,15,18,20,26H,13H2,1-5H3,(H,23,24,28,29)/t15-,18-,20-/m1/s1. The Morgan fingerprint density at radius 1 is 1.22 bits per heavy atom. The molecule has 1 aliphatic heterocycles. The second kappa shape index (κ2) is 9.06. The molecule has 0 saturated carbocycles. The molecule has 1 amide bonds. The summed E-state index contributed by atoms with van der Waals surface area (Å²) in [6, 6.07) is 10.00. The summed E-state index contributed by atoms with van der Waals surface area (Å²) in [6.45, 7) is 9.59. The van der Waals surface area contributed by atoms with Crippen molar-refractivity contribution in [2.45, 2.75) is 57.3 Å². The Morgan fingerprint density at radius 2 is 1.88 bits per heavy atom. The van der Waals surface area contributed by atoms with E-state index in [1.54, 1.807) is 30.3 Å². The molecule has 1 saturated heterocycles. The van der Waals surface area contributed by atoms with E-state index in [1.807, 2.05) is 33.9 Å². The number of carbonyl (C=O) groups is 2. The summed E-state index contributed by atoms with van der Waals surface area (Å²) in [5, 5.41) is 12.0. The minimum absolute atomic E-state index is 0.0741. The maximum Gasteiger partial charge on any atom is 0.351 e. The topological polar surface area (TPSA) is 120 Å². The minimum atomic E-state index is -2.39. The molecule has 1 fully saturated rings. The Labute approximate surface area is 187 Å². The molecule has 1 aromatic heterocycles. The molecule has 3 rings (SSSR count). The van der Waals surface area contributed by atoms with Gasteiger partial charge in [0.25, 0.3) is 5.91 Å². The Morgan fingerprint density at radius 3 is 2.44 bits per heavy atom. The molecule has 32 heavy (non-hydrogen) atoms. The summed E-state index contributed by atoms with van der Waals surface area (Å²) < 4.78 is 13.1. The summed E-state index contributed by atoms with van der Waals surface area (Å²) in [7, 11) is -2.39. The number of ether oxygens (including phenoxy) is 1. The van der Waals surface area contributed by atoms with Crippen LogP contribution in [0.25, 0.3) is 0 Å². The maximum atomic E-state index is 12.8. The number of aliphatic hydroxyl groups is 1. The van der Waals surface area contributed by atoms with Crippen molar-refractivity contribution in [2.24, 2.45) is 0 Å². The summed E-state index contributed by atoms with van der Waals surface area (Å²) in [5.41, 5.74) is -0.284. The average molecular weight is 460 g/mol. The summed E-state index contributed by atoms with van der Waals surface area (Å²) in [4.78, 5) is 41.8. The number of ketones is 1. The van der Waals surface area contributed by atoms with Gasteiger partial charge in [0.15, 0.2) is 26.4 Å². The zero-order valence-electron chi connectivity index (χ0n) is 18.9. The van der Waals surface area contributed by atoms with Crippen molar-refractivity contribution in [3.8, 4) is 0 Å². The zero-order valence-corrected chi connectivity index (χ0v) is 19.9. The highest BCUT2D eigenvalue weighted by Crippen LogP contribution is 2.40. The van der Waals surface area contributed by atoms with Crippen molar-refractivity contribution < 1.29 is 23.9 Å². The molecule has 2 aromatic rings. The average Bonchev–Trinajstić information content (AvgIpc) is 3.03.